The van der Waals surface area contributed by atoms with Crippen LogP contribution >= 0.6 is 11.3 Å². The van der Waals surface area contributed by atoms with Gasteiger partial charge in [-0.3, -0.25) is 8.37 Å². The van der Waals surface area contributed by atoms with E-state index in [4.69, 9.17) is 22.8 Å². The molecule has 2 fully saturated rings. The van der Waals surface area contributed by atoms with E-state index in [-0.39, 0.29) is 12.0 Å². The summed E-state index contributed by atoms with van der Waals surface area (Å²) in [5, 5.41) is 3.16. The van der Waals surface area contributed by atoms with Crippen LogP contribution in [0, 0.1) is 5.92 Å². The molecule has 0 N–H and O–H groups in total. The number of thiazole rings is 1. The second-order valence-electron chi connectivity index (χ2n) is 9.69. The summed E-state index contributed by atoms with van der Waals surface area (Å²) in [6.07, 6.45) is 2.35. The van der Waals surface area contributed by atoms with Gasteiger partial charge in [-0.05, 0) is 57.7 Å². The van der Waals surface area contributed by atoms with E-state index < -0.39 is 17.0 Å². The molecule has 0 radical (unpaired) electrons. The lowest BCUT2D eigenvalue weighted by Crippen LogP contribution is -2.41. The average Bonchev–Trinajstić information content (AvgIpc) is 3.28. The first-order valence-electron chi connectivity index (χ1n) is 11.6. The smallest absolute Gasteiger partial charge is 0.410 e. The second-order valence-corrected chi connectivity index (χ2v) is 11.5. The number of amides is 1. The Bertz CT molecular complexity index is 970. The molecule has 0 bridgehead atoms. The predicted octanol–water partition coefficient (Wildman–Crippen LogP) is 4.62. The zero-order chi connectivity index (χ0) is 24.1. The van der Waals surface area contributed by atoms with Crippen molar-refractivity contribution in [3.8, 4) is 5.75 Å². The number of benzene rings is 1. The van der Waals surface area contributed by atoms with Crippen LogP contribution in [0.4, 0.5) is 4.79 Å². The lowest BCUT2D eigenvalue weighted by molar-refractivity contribution is 0.0204. The van der Waals surface area contributed by atoms with Crippen molar-refractivity contribution >= 4 is 28.8 Å². The van der Waals surface area contributed by atoms with Crippen LogP contribution in [0.1, 0.15) is 55.8 Å². The molecule has 1 aromatic carbocycles. The van der Waals surface area contributed by atoms with Crippen LogP contribution in [-0.2, 0) is 37.5 Å². The molecule has 0 aliphatic carbocycles. The standard InChI is InChI=1S/C24H32N2O6S2/c1-24(2,3)32-23(27)26-10-8-19(9-11-26)22-25-20(16-33-22)15-29-21-6-4-17(5-7-21)12-18-13-30-34(28)31-14-18/h4-7,16,18-19H,8-15H2,1-3H3. The van der Waals surface area contributed by atoms with E-state index in [0.717, 1.165) is 41.3 Å². The largest absolute Gasteiger partial charge is 0.487 e. The van der Waals surface area contributed by atoms with Gasteiger partial charge in [-0.1, -0.05) is 12.1 Å². The molecule has 186 valence electrons. The summed E-state index contributed by atoms with van der Waals surface area (Å²) in [6.45, 7) is 8.34. The molecule has 2 aliphatic rings. The third-order valence-corrected chi connectivity index (χ3v) is 7.41. The Labute approximate surface area is 207 Å². The van der Waals surface area contributed by atoms with Gasteiger partial charge in [0.05, 0.1) is 23.9 Å². The van der Waals surface area contributed by atoms with Crippen molar-refractivity contribution in [2.45, 2.75) is 58.2 Å². The lowest BCUT2D eigenvalue weighted by Gasteiger charge is -2.32. The van der Waals surface area contributed by atoms with Crippen LogP contribution in [0.2, 0.25) is 0 Å². The number of rotatable bonds is 6. The van der Waals surface area contributed by atoms with Crippen molar-refractivity contribution in [1.29, 1.82) is 0 Å². The summed E-state index contributed by atoms with van der Waals surface area (Å²) < 4.78 is 32.6. The third-order valence-electron chi connectivity index (χ3n) is 5.70. The van der Waals surface area contributed by atoms with Crippen molar-refractivity contribution in [2.75, 3.05) is 26.3 Å². The first-order chi connectivity index (χ1) is 16.2. The highest BCUT2D eigenvalue weighted by molar-refractivity contribution is 7.75. The second kappa shape index (κ2) is 11.2. The number of likely N-dealkylation sites (tertiary alicyclic amines) is 1. The highest BCUT2D eigenvalue weighted by atomic mass is 32.2. The van der Waals surface area contributed by atoms with Gasteiger partial charge in [0.1, 0.15) is 18.0 Å². The van der Waals surface area contributed by atoms with Gasteiger partial charge in [0.25, 0.3) is 0 Å². The SMILES string of the molecule is CC(C)(C)OC(=O)N1CCC(c2nc(COc3ccc(CC4COS(=O)OC4)cc3)cs2)CC1. The summed E-state index contributed by atoms with van der Waals surface area (Å²) in [7, 11) is 0. The summed E-state index contributed by atoms with van der Waals surface area (Å²) in [4.78, 5) is 18.8. The van der Waals surface area contributed by atoms with Crippen molar-refractivity contribution in [1.82, 2.24) is 9.88 Å². The van der Waals surface area contributed by atoms with Gasteiger partial charge in [-0.2, -0.15) is 4.21 Å². The number of hydrogen-bond acceptors (Lipinski definition) is 8. The van der Waals surface area contributed by atoms with Crippen LogP contribution in [-0.4, -0.2) is 52.1 Å². The molecule has 0 spiro atoms. The molecule has 2 saturated heterocycles. The van der Waals surface area contributed by atoms with Gasteiger partial charge in [0, 0.05) is 30.3 Å². The van der Waals surface area contributed by atoms with Crippen molar-refractivity contribution in [3.63, 3.8) is 0 Å². The average molecular weight is 509 g/mol. The fourth-order valence-corrected chi connectivity index (χ4v) is 5.58. The van der Waals surface area contributed by atoms with Gasteiger partial charge in [0.2, 0.25) is 0 Å². The van der Waals surface area contributed by atoms with Crippen LogP contribution in [0.3, 0.4) is 0 Å². The zero-order valence-electron chi connectivity index (χ0n) is 19.9. The lowest BCUT2D eigenvalue weighted by atomic mass is 9.98. The van der Waals surface area contributed by atoms with Crippen LogP contribution in [0.5, 0.6) is 5.75 Å². The third kappa shape index (κ3) is 7.24. The molecule has 10 heteroatoms. The Morgan fingerprint density at radius 1 is 1.18 bits per heavy atom. The molecule has 2 aliphatic heterocycles. The number of nitrogens with zero attached hydrogens (tertiary/aromatic N) is 2. The normalized spacial score (nSPS) is 21.9. The maximum absolute atomic E-state index is 12.3. The molecule has 8 nitrogen and oxygen atoms in total. The monoisotopic (exact) mass is 508 g/mol. The minimum atomic E-state index is -1.60. The number of carbonyl (C=O) groups is 1. The van der Waals surface area contributed by atoms with E-state index in [9.17, 15) is 9.00 Å². The van der Waals surface area contributed by atoms with Gasteiger partial charge >= 0.3 is 17.5 Å². The fraction of sp³-hybridized carbons (Fsp3) is 0.583. The Kier molecular flexibility index (Phi) is 8.23. The summed E-state index contributed by atoms with van der Waals surface area (Å²) >= 11 is 0.0650. The van der Waals surface area contributed by atoms with Crippen LogP contribution in [0.15, 0.2) is 29.6 Å². The molecule has 0 unspecified atom stereocenters. The molecule has 0 atom stereocenters. The van der Waals surface area contributed by atoms with E-state index in [1.807, 2.05) is 45.0 Å². The fourth-order valence-electron chi connectivity index (χ4n) is 3.93. The van der Waals surface area contributed by atoms with Crippen molar-refractivity contribution in [2.24, 2.45) is 5.92 Å². The summed E-state index contributed by atoms with van der Waals surface area (Å²) in [5.74, 6) is 1.36. The van der Waals surface area contributed by atoms with Gasteiger partial charge in [-0.25, -0.2) is 9.78 Å². The van der Waals surface area contributed by atoms with E-state index in [0.29, 0.717) is 38.8 Å². The van der Waals surface area contributed by atoms with Gasteiger partial charge in [-0.15, -0.1) is 11.3 Å². The van der Waals surface area contributed by atoms with Crippen molar-refractivity contribution < 1.29 is 26.8 Å². The Morgan fingerprint density at radius 2 is 1.85 bits per heavy atom. The van der Waals surface area contributed by atoms with Crippen LogP contribution < -0.4 is 4.74 Å². The number of aromatic nitrogens is 1. The highest BCUT2D eigenvalue weighted by Gasteiger charge is 2.28. The molecular formula is C24H32N2O6S2. The maximum Gasteiger partial charge on any atom is 0.410 e. The Balaban J connectivity index is 1.21. The molecule has 3 heterocycles. The minimum absolute atomic E-state index is 0.203. The molecular weight excluding hydrogens is 476 g/mol. The quantitative estimate of drug-likeness (QED) is 0.563. The van der Waals surface area contributed by atoms with E-state index in [1.54, 1.807) is 16.2 Å². The summed E-state index contributed by atoms with van der Waals surface area (Å²) in [6, 6.07) is 7.98. The molecule has 34 heavy (non-hydrogen) atoms. The van der Waals surface area contributed by atoms with Gasteiger partial charge < -0.3 is 14.4 Å². The van der Waals surface area contributed by atoms with E-state index in [2.05, 4.69) is 5.38 Å². The maximum atomic E-state index is 12.3. The highest BCUT2D eigenvalue weighted by Crippen LogP contribution is 2.31. The molecule has 2 aromatic rings. The summed E-state index contributed by atoms with van der Waals surface area (Å²) in [5.41, 5.74) is 1.61. The molecule has 1 aromatic heterocycles. The Hall–Kier alpha value is -2.01. The Morgan fingerprint density at radius 3 is 2.50 bits per heavy atom. The molecule has 0 saturated carbocycles. The van der Waals surface area contributed by atoms with E-state index in [1.165, 1.54) is 0 Å². The zero-order valence-corrected chi connectivity index (χ0v) is 21.5. The number of ether oxygens (including phenoxy) is 2. The van der Waals surface area contributed by atoms with Crippen molar-refractivity contribution in [3.05, 3.63) is 45.9 Å². The minimum Gasteiger partial charge on any atom is -0.487 e. The molecule has 4 rings (SSSR count). The number of piperidine rings is 1. The first kappa shape index (κ1) is 25.1. The number of hydrogen-bond donors (Lipinski definition) is 0. The topological polar surface area (TPSA) is 87.2 Å². The predicted molar refractivity (Wildman–Crippen MR) is 130 cm³/mol. The first-order valence-corrected chi connectivity index (χ1v) is 13.5. The van der Waals surface area contributed by atoms with Gasteiger partial charge in [0.15, 0.2) is 0 Å². The van der Waals surface area contributed by atoms with Crippen LogP contribution in [0.25, 0.3) is 0 Å². The molecule has 1 amide bonds. The number of carbonyl (C=O) groups excluding carboxylic acids is 1. The van der Waals surface area contributed by atoms with E-state index >= 15 is 0 Å².